The number of aryl methyl sites for hydroxylation is 1. The molecule has 3 rings (SSSR count). The van der Waals surface area contributed by atoms with Crippen LogP contribution in [0.3, 0.4) is 0 Å². The molecular formula is C15H22ClN3. The van der Waals surface area contributed by atoms with Gasteiger partial charge in [0, 0.05) is 31.4 Å². The number of hydrogen-bond acceptors (Lipinski definition) is 3. The van der Waals surface area contributed by atoms with Gasteiger partial charge in [0.15, 0.2) is 0 Å². The zero-order valence-corrected chi connectivity index (χ0v) is 12.3. The molecule has 0 amide bonds. The van der Waals surface area contributed by atoms with Gasteiger partial charge >= 0.3 is 0 Å². The summed E-state index contributed by atoms with van der Waals surface area (Å²) in [6.45, 7) is 6.89. The number of nitrogens with two attached hydrogens (primary N) is 1. The molecule has 0 radical (unpaired) electrons. The van der Waals surface area contributed by atoms with Crippen molar-refractivity contribution < 1.29 is 0 Å². The van der Waals surface area contributed by atoms with Crippen LogP contribution in [-0.4, -0.2) is 37.1 Å². The van der Waals surface area contributed by atoms with Gasteiger partial charge in [-0.15, -0.1) is 0 Å². The Bertz CT molecular complexity index is 475. The molecule has 0 spiro atoms. The van der Waals surface area contributed by atoms with Crippen molar-refractivity contribution in [2.24, 2.45) is 0 Å². The molecule has 2 saturated heterocycles. The van der Waals surface area contributed by atoms with Crippen molar-refractivity contribution in [2.45, 2.75) is 32.2 Å². The van der Waals surface area contributed by atoms with Crippen LogP contribution >= 0.6 is 11.6 Å². The number of fused-ring (bicyclic) bond motifs is 1. The fourth-order valence-electron chi connectivity index (χ4n) is 3.46. The van der Waals surface area contributed by atoms with E-state index in [4.69, 9.17) is 17.3 Å². The topological polar surface area (TPSA) is 32.5 Å². The molecular weight excluding hydrogens is 258 g/mol. The first-order valence-electron chi connectivity index (χ1n) is 7.20. The third-order valence-corrected chi connectivity index (χ3v) is 4.79. The van der Waals surface area contributed by atoms with E-state index in [0.29, 0.717) is 10.7 Å². The van der Waals surface area contributed by atoms with Crippen LogP contribution in [0.1, 0.15) is 24.8 Å². The number of rotatable bonds is 1. The molecule has 0 bridgehead atoms. The van der Waals surface area contributed by atoms with Gasteiger partial charge in [-0.3, -0.25) is 4.90 Å². The summed E-state index contributed by atoms with van der Waals surface area (Å²) < 4.78 is 0. The van der Waals surface area contributed by atoms with E-state index in [9.17, 15) is 0 Å². The Kier molecular flexibility index (Phi) is 3.59. The van der Waals surface area contributed by atoms with Crippen molar-refractivity contribution in [2.75, 3.05) is 36.8 Å². The van der Waals surface area contributed by atoms with Crippen LogP contribution < -0.4 is 10.6 Å². The quantitative estimate of drug-likeness (QED) is 0.803. The minimum absolute atomic E-state index is 0.674. The predicted octanol–water partition coefficient (Wildman–Crippen LogP) is 2.91. The van der Waals surface area contributed by atoms with E-state index in [1.807, 2.05) is 12.1 Å². The van der Waals surface area contributed by atoms with E-state index in [0.717, 1.165) is 19.1 Å². The Balaban J connectivity index is 1.86. The van der Waals surface area contributed by atoms with Gasteiger partial charge in [-0.05, 0) is 50.4 Å². The summed E-state index contributed by atoms with van der Waals surface area (Å²) in [7, 11) is 0. The maximum atomic E-state index is 6.20. The Morgan fingerprint density at radius 3 is 2.84 bits per heavy atom. The SMILES string of the molecule is Cc1cc(N)c(Cl)cc1N1CCCN2CCCC2C1. The monoisotopic (exact) mass is 279 g/mol. The Morgan fingerprint density at radius 2 is 2.00 bits per heavy atom. The third kappa shape index (κ3) is 2.54. The molecule has 1 unspecified atom stereocenters. The minimum atomic E-state index is 0.674. The molecule has 1 aromatic carbocycles. The van der Waals surface area contributed by atoms with Crippen molar-refractivity contribution in [3.05, 3.63) is 22.7 Å². The van der Waals surface area contributed by atoms with Crippen molar-refractivity contribution in [1.82, 2.24) is 4.90 Å². The largest absolute Gasteiger partial charge is 0.398 e. The van der Waals surface area contributed by atoms with Gasteiger partial charge in [0.1, 0.15) is 0 Å². The molecule has 2 aliphatic heterocycles. The molecule has 2 aliphatic rings. The maximum Gasteiger partial charge on any atom is 0.0656 e. The first-order chi connectivity index (χ1) is 9.15. The van der Waals surface area contributed by atoms with E-state index in [2.05, 4.69) is 16.7 Å². The van der Waals surface area contributed by atoms with Crippen LogP contribution in [0.15, 0.2) is 12.1 Å². The molecule has 19 heavy (non-hydrogen) atoms. The highest BCUT2D eigenvalue weighted by Crippen LogP contribution is 2.32. The van der Waals surface area contributed by atoms with Gasteiger partial charge in [-0.2, -0.15) is 0 Å². The summed E-state index contributed by atoms with van der Waals surface area (Å²) in [6.07, 6.45) is 3.91. The Hall–Kier alpha value is -0.930. The highest BCUT2D eigenvalue weighted by molar-refractivity contribution is 6.33. The zero-order valence-electron chi connectivity index (χ0n) is 11.5. The average molecular weight is 280 g/mol. The molecule has 1 aromatic rings. The van der Waals surface area contributed by atoms with Gasteiger partial charge in [0.2, 0.25) is 0 Å². The van der Waals surface area contributed by atoms with E-state index < -0.39 is 0 Å². The molecule has 1 atom stereocenters. The molecule has 2 N–H and O–H groups in total. The number of anilines is 2. The number of halogens is 1. The van der Waals surface area contributed by atoms with E-state index in [-0.39, 0.29) is 0 Å². The van der Waals surface area contributed by atoms with Gasteiger partial charge in [-0.25, -0.2) is 0 Å². The molecule has 2 heterocycles. The maximum absolute atomic E-state index is 6.20. The smallest absolute Gasteiger partial charge is 0.0656 e. The second kappa shape index (κ2) is 5.22. The van der Waals surface area contributed by atoms with Crippen LogP contribution in [-0.2, 0) is 0 Å². The lowest BCUT2D eigenvalue weighted by Crippen LogP contribution is -2.36. The summed E-state index contributed by atoms with van der Waals surface area (Å²) in [4.78, 5) is 5.14. The lowest BCUT2D eigenvalue weighted by atomic mass is 10.1. The number of nitrogen functional groups attached to an aromatic ring is 1. The van der Waals surface area contributed by atoms with Crippen LogP contribution in [0.2, 0.25) is 5.02 Å². The highest BCUT2D eigenvalue weighted by Gasteiger charge is 2.29. The fraction of sp³-hybridized carbons (Fsp3) is 0.600. The average Bonchev–Trinajstić information content (AvgIpc) is 2.71. The molecule has 104 valence electrons. The molecule has 0 saturated carbocycles. The molecule has 3 nitrogen and oxygen atoms in total. The van der Waals surface area contributed by atoms with Crippen molar-refractivity contribution >= 4 is 23.0 Å². The first kappa shape index (κ1) is 13.1. The van der Waals surface area contributed by atoms with Crippen LogP contribution in [0.5, 0.6) is 0 Å². The van der Waals surface area contributed by atoms with Crippen molar-refractivity contribution in [3.63, 3.8) is 0 Å². The standard InChI is InChI=1S/C15H22ClN3/c1-11-8-14(17)13(16)9-15(11)19-7-3-6-18-5-2-4-12(18)10-19/h8-9,12H,2-7,10,17H2,1H3. The van der Waals surface area contributed by atoms with Gasteiger partial charge in [0.25, 0.3) is 0 Å². The minimum Gasteiger partial charge on any atom is -0.398 e. The summed E-state index contributed by atoms with van der Waals surface area (Å²) in [6, 6.07) is 4.75. The van der Waals surface area contributed by atoms with Crippen molar-refractivity contribution in [3.8, 4) is 0 Å². The Labute approximate surface area is 120 Å². The fourth-order valence-corrected chi connectivity index (χ4v) is 3.62. The normalized spacial score (nSPS) is 24.3. The molecule has 0 aliphatic carbocycles. The van der Waals surface area contributed by atoms with E-state index >= 15 is 0 Å². The van der Waals surface area contributed by atoms with E-state index in [1.54, 1.807) is 0 Å². The van der Waals surface area contributed by atoms with Gasteiger partial charge in [-0.1, -0.05) is 11.6 Å². The number of benzene rings is 1. The number of nitrogens with zero attached hydrogens (tertiary/aromatic N) is 2. The molecule has 4 heteroatoms. The lowest BCUT2D eigenvalue weighted by molar-refractivity contribution is 0.273. The Morgan fingerprint density at radius 1 is 1.21 bits per heavy atom. The molecule has 0 aromatic heterocycles. The summed E-state index contributed by atoms with van der Waals surface area (Å²) in [5, 5.41) is 0.674. The van der Waals surface area contributed by atoms with Crippen LogP contribution in [0.4, 0.5) is 11.4 Å². The van der Waals surface area contributed by atoms with Gasteiger partial charge in [0.05, 0.1) is 10.7 Å². The lowest BCUT2D eigenvalue weighted by Gasteiger charge is -2.29. The predicted molar refractivity (Wildman–Crippen MR) is 82.0 cm³/mol. The highest BCUT2D eigenvalue weighted by atomic mass is 35.5. The van der Waals surface area contributed by atoms with Gasteiger partial charge < -0.3 is 10.6 Å². The van der Waals surface area contributed by atoms with Crippen LogP contribution in [0.25, 0.3) is 0 Å². The van der Waals surface area contributed by atoms with Crippen molar-refractivity contribution in [1.29, 1.82) is 0 Å². The zero-order chi connectivity index (χ0) is 13.4. The summed E-state index contributed by atoms with van der Waals surface area (Å²) >= 11 is 6.20. The summed E-state index contributed by atoms with van der Waals surface area (Å²) in [5.74, 6) is 0. The summed E-state index contributed by atoms with van der Waals surface area (Å²) in [5.41, 5.74) is 9.04. The van der Waals surface area contributed by atoms with E-state index in [1.165, 1.54) is 43.6 Å². The first-order valence-corrected chi connectivity index (χ1v) is 7.57. The van der Waals surface area contributed by atoms with Crippen LogP contribution in [0, 0.1) is 6.92 Å². The second-order valence-corrected chi connectivity index (χ2v) is 6.20. The second-order valence-electron chi connectivity index (χ2n) is 5.79. The number of hydrogen-bond donors (Lipinski definition) is 1. The third-order valence-electron chi connectivity index (χ3n) is 4.46. The molecule has 2 fully saturated rings.